The van der Waals surface area contributed by atoms with Gasteiger partial charge in [0.1, 0.15) is 6.07 Å². The molecule has 14 heteroatoms. The number of aryl methyl sites for hydroxylation is 1. The third kappa shape index (κ3) is 6.46. The van der Waals surface area contributed by atoms with E-state index < -0.39 is 16.1 Å². The van der Waals surface area contributed by atoms with Gasteiger partial charge in [-0.15, -0.1) is 0 Å². The zero-order valence-electron chi connectivity index (χ0n) is 26.3. The summed E-state index contributed by atoms with van der Waals surface area (Å²) in [6.07, 6.45) is 3.48. The van der Waals surface area contributed by atoms with Gasteiger partial charge in [0.05, 0.1) is 21.7 Å². The lowest BCUT2D eigenvalue weighted by Crippen LogP contribution is -2.49. The van der Waals surface area contributed by atoms with Crippen LogP contribution < -0.4 is 21.3 Å². The van der Waals surface area contributed by atoms with Gasteiger partial charge in [-0.05, 0) is 87.5 Å². The molecule has 46 heavy (non-hydrogen) atoms. The van der Waals surface area contributed by atoms with E-state index in [0.29, 0.717) is 55.5 Å². The summed E-state index contributed by atoms with van der Waals surface area (Å²) in [4.78, 5) is 28.1. The Labute approximate surface area is 269 Å². The number of nitriles is 1. The Bertz CT molecular complexity index is 1780. The number of nitrogens with two attached hydrogens (primary N) is 1. The van der Waals surface area contributed by atoms with E-state index >= 15 is 0 Å². The van der Waals surface area contributed by atoms with Crippen molar-refractivity contribution in [2.45, 2.75) is 61.9 Å². The number of likely N-dealkylation sites (tertiary alicyclic amines) is 1. The van der Waals surface area contributed by atoms with E-state index in [1.807, 2.05) is 20.0 Å². The predicted molar refractivity (Wildman–Crippen MR) is 175 cm³/mol. The molecular formula is C32H41N9O4S. The van der Waals surface area contributed by atoms with Gasteiger partial charge in [-0.3, -0.25) is 19.7 Å². The fourth-order valence-electron chi connectivity index (χ4n) is 6.79. The molecule has 1 atom stereocenters. The molecule has 3 fully saturated rings. The third-order valence-electron chi connectivity index (χ3n) is 9.41. The summed E-state index contributed by atoms with van der Waals surface area (Å²) in [6.45, 7) is 5.72. The van der Waals surface area contributed by atoms with Crippen LogP contribution in [0.25, 0.3) is 10.9 Å². The first kappa shape index (κ1) is 31.9. The Balaban J connectivity index is 1.07. The van der Waals surface area contributed by atoms with Crippen LogP contribution in [0.15, 0.2) is 41.3 Å². The van der Waals surface area contributed by atoms with Crippen molar-refractivity contribution in [3.8, 4) is 6.07 Å². The SMILES string of the molecule is C[C@@H](CN1CCC(c2ccc3c(N4CCC(=O)NC4=O)nn(C)c3c2)CC1)Nc1cc(S(=O)(=O)N2CCC(N)CC2)ccc1C#N. The minimum Gasteiger partial charge on any atom is -0.380 e. The molecule has 3 amide bonds. The third-order valence-corrected chi connectivity index (χ3v) is 11.3. The van der Waals surface area contributed by atoms with Crippen LogP contribution in [0, 0.1) is 11.3 Å². The number of amides is 3. The number of sulfonamides is 1. The van der Waals surface area contributed by atoms with Gasteiger partial charge in [-0.1, -0.05) is 6.07 Å². The second-order valence-corrected chi connectivity index (χ2v) is 14.6. The molecule has 0 bridgehead atoms. The molecule has 3 aliphatic rings. The number of anilines is 2. The van der Waals surface area contributed by atoms with Gasteiger partial charge in [-0.2, -0.15) is 14.7 Å². The maximum absolute atomic E-state index is 13.3. The Hall–Kier alpha value is -4.03. The minimum atomic E-state index is -3.67. The monoisotopic (exact) mass is 647 g/mol. The lowest BCUT2D eigenvalue weighted by atomic mass is 9.89. The molecule has 2 aromatic carbocycles. The van der Waals surface area contributed by atoms with Crippen molar-refractivity contribution in [3.05, 3.63) is 47.5 Å². The van der Waals surface area contributed by atoms with Crippen LogP contribution in [-0.4, -0.2) is 90.7 Å². The summed E-state index contributed by atoms with van der Waals surface area (Å²) < 4.78 is 29.9. The molecule has 6 rings (SSSR count). The second kappa shape index (κ2) is 13.0. The zero-order valence-corrected chi connectivity index (χ0v) is 27.1. The molecule has 4 heterocycles. The molecule has 3 saturated heterocycles. The average molecular weight is 648 g/mol. The van der Waals surface area contributed by atoms with Gasteiger partial charge >= 0.3 is 6.03 Å². The van der Waals surface area contributed by atoms with Crippen molar-refractivity contribution in [1.82, 2.24) is 24.3 Å². The number of rotatable bonds is 8. The van der Waals surface area contributed by atoms with E-state index in [2.05, 4.69) is 38.8 Å². The molecule has 13 nitrogen and oxygen atoms in total. The summed E-state index contributed by atoms with van der Waals surface area (Å²) in [5, 5.41) is 21.0. The quantitative estimate of drug-likeness (QED) is 0.333. The van der Waals surface area contributed by atoms with E-state index in [4.69, 9.17) is 5.73 Å². The minimum absolute atomic E-state index is 0.0129. The highest BCUT2D eigenvalue weighted by atomic mass is 32.2. The number of aromatic nitrogens is 2. The maximum atomic E-state index is 13.3. The predicted octanol–water partition coefficient (Wildman–Crippen LogP) is 2.68. The first-order valence-electron chi connectivity index (χ1n) is 15.9. The number of urea groups is 1. The molecule has 0 spiro atoms. The van der Waals surface area contributed by atoms with Crippen LogP contribution in [-0.2, 0) is 21.9 Å². The average Bonchev–Trinajstić information content (AvgIpc) is 3.36. The van der Waals surface area contributed by atoms with E-state index in [9.17, 15) is 23.3 Å². The highest BCUT2D eigenvalue weighted by molar-refractivity contribution is 7.89. The van der Waals surface area contributed by atoms with Crippen molar-refractivity contribution in [2.24, 2.45) is 12.8 Å². The highest BCUT2D eigenvalue weighted by Gasteiger charge is 2.30. The fourth-order valence-corrected chi connectivity index (χ4v) is 8.28. The molecule has 0 radical (unpaired) electrons. The maximum Gasteiger partial charge on any atom is 0.329 e. The molecule has 0 aliphatic carbocycles. The first-order chi connectivity index (χ1) is 22.0. The standard InChI is InChI=1S/C32H41N9O4S/c1-21(35-28-18-26(5-3-24(28)19-33)46(44,45)40-14-9-25(34)10-15-40)20-39-12-7-22(8-13-39)23-4-6-27-29(17-23)38(2)37-31(27)41-16-11-30(42)36-32(41)43/h3-6,17-18,21-22,25,35H,7-16,20,34H2,1-2H3,(H,36,42,43)/t21-/m0/s1. The van der Waals surface area contributed by atoms with Gasteiger partial charge in [0.2, 0.25) is 15.9 Å². The van der Waals surface area contributed by atoms with Crippen molar-refractivity contribution in [3.63, 3.8) is 0 Å². The first-order valence-corrected chi connectivity index (χ1v) is 17.3. The van der Waals surface area contributed by atoms with Crippen LogP contribution in [0.1, 0.15) is 56.1 Å². The molecule has 4 N–H and O–H groups in total. The largest absolute Gasteiger partial charge is 0.380 e. The molecule has 3 aromatic rings. The zero-order chi connectivity index (χ0) is 32.6. The van der Waals surface area contributed by atoms with Crippen molar-refractivity contribution in [2.75, 3.05) is 49.5 Å². The lowest BCUT2D eigenvalue weighted by Gasteiger charge is -2.34. The number of nitrogens with zero attached hydrogens (tertiary/aromatic N) is 6. The van der Waals surface area contributed by atoms with Crippen LogP contribution >= 0.6 is 0 Å². The molecule has 244 valence electrons. The van der Waals surface area contributed by atoms with Crippen LogP contribution in [0.4, 0.5) is 16.3 Å². The van der Waals surface area contributed by atoms with E-state index in [1.54, 1.807) is 16.8 Å². The number of carbonyl (C=O) groups excluding carboxylic acids is 2. The molecular weight excluding hydrogens is 606 g/mol. The van der Waals surface area contributed by atoms with Crippen LogP contribution in [0.5, 0.6) is 0 Å². The number of fused-ring (bicyclic) bond motifs is 1. The van der Waals surface area contributed by atoms with Gasteiger partial charge < -0.3 is 16.0 Å². The summed E-state index contributed by atoms with van der Waals surface area (Å²) in [6, 6.07) is 12.7. The Morgan fingerprint density at radius 2 is 1.80 bits per heavy atom. The molecule has 0 unspecified atom stereocenters. The number of carbonyl (C=O) groups is 2. The molecule has 3 aliphatic heterocycles. The van der Waals surface area contributed by atoms with Crippen molar-refractivity contribution >= 4 is 44.4 Å². The number of benzene rings is 2. The van der Waals surface area contributed by atoms with Crippen LogP contribution in [0.2, 0.25) is 0 Å². The normalized spacial score (nSPS) is 20.1. The van der Waals surface area contributed by atoms with E-state index in [-0.39, 0.29) is 29.3 Å². The summed E-state index contributed by atoms with van der Waals surface area (Å²) in [5.41, 5.74) is 9.09. The lowest BCUT2D eigenvalue weighted by molar-refractivity contribution is -0.120. The second-order valence-electron chi connectivity index (χ2n) is 12.7. The van der Waals surface area contributed by atoms with Gasteiger partial charge in [0, 0.05) is 57.1 Å². The number of piperidine rings is 2. The van der Waals surface area contributed by atoms with Crippen molar-refractivity contribution < 1.29 is 18.0 Å². The number of nitrogens with one attached hydrogen (secondary N) is 2. The summed E-state index contributed by atoms with van der Waals surface area (Å²) >= 11 is 0. The Morgan fingerprint density at radius 1 is 1.07 bits per heavy atom. The highest BCUT2D eigenvalue weighted by Crippen LogP contribution is 2.34. The van der Waals surface area contributed by atoms with E-state index in [0.717, 1.165) is 43.4 Å². The Morgan fingerprint density at radius 3 is 2.50 bits per heavy atom. The van der Waals surface area contributed by atoms with Gasteiger partial charge in [0.25, 0.3) is 0 Å². The van der Waals surface area contributed by atoms with Crippen molar-refractivity contribution in [1.29, 1.82) is 5.26 Å². The van der Waals surface area contributed by atoms with Gasteiger partial charge in [-0.25, -0.2) is 13.2 Å². The Kier molecular flexibility index (Phi) is 9.02. The summed E-state index contributed by atoms with van der Waals surface area (Å²) in [5.74, 6) is 0.672. The topological polar surface area (TPSA) is 170 Å². The van der Waals surface area contributed by atoms with Crippen LogP contribution in [0.3, 0.4) is 0 Å². The molecule has 1 aromatic heterocycles. The summed E-state index contributed by atoms with van der Waals surface area (Å²) in [7, 11) is -1.81. The van der Waals surface area contributed by atoms with Gasteiger partial charge in [0.15, 0.2) is 5.82 Å². The number of hydrogen-bond acceptors (Lipinski definition) is 9. The smallest absolute Gasteiger partial charge is 0.329 e. The fraction of sp³-hybridized carbons (Fsp3) is 0.500. The molecule has 0 saturated carbocycles. The van der Waals surface area contributed by atoms with E-state index in [1.165, 1.54) is 20.8 Å². The number of hydrogen-bond donors (Lipinski definition) is 3. The number of imide groups is 1.